The van der Waals surface area contributed by atoms with Gasteiger partial charge in [-0.2, -0.15) is 17.0 Å². The van der Waals surface area contributed by atoms with Gasteiger partial charge in [0.2, 0.25) is 0 Å². The highest BCUT2D eigenvalue weighted by Gasteiger charge is 2.29. The van der Waals surface area contributed by atoms with Crippen molar-refractivity contribution in [2.45, 2.75) is 13.8 Å². The lowest BCUT2D eigenvalue weighted by Gasteiger charge is -2.36. The second-order valence-corrected chi connectivity index (χ2v) is 7.27. The van der Waals surface area contributed by atoms with Crippen LogP contribution in [0.3, 0.4) is 0 Å². The number of piperazine rings is 1. The molecule has 1 aliphatic heterocycles. The van der Waals surface area contributed by atoms with E-state index < -0.39 is 10.2 Å². The minimum absolute atomic E-state index is 0.488. The van der Waals surface area contributed by atoms with E-state index in [4.69, 9.17) is 4.74 Å². The zero-order valence-corrected chi connectivity index (χ0v) is 14.3. The van der Waals surface area contributed by atoms with Crippen LogP contribution in [0.25, 0.3) is 0 Å². The van der Waals surface area contributed by atoms with E-state index in [9.17, 15) is 8.42 Å². The molecule has 1 aromatic carbocycles. The van der Waals surface area contributed by atoms with Gasteiger partial charge in [-0.15, -0.1) is 0 Å². The summed E-state index contributed by atoms with van der Waals surface area (Å²) in [6.07, 6.45) is 0. The second-order valence-electron chi connectivity index (χ2n) is 5.23. The molecular weight excluding hydrogens is 302 g/mol. The fourth-order valence-corrected chi connectivity index (χ4v) is 3.80. The Bertz CT molecular complexity index is 566. The summed E-state index contributed by atoms with van der Waals surface area (Å²) in [6.45, 7) is 7.37. The van der Waals surface area contributed by atoms with Gasteiger partial charge in [-0.1, -0.05) is 6.92 Å². The van der Waals surface area contributed by atoms with Crippen LogP contribution in [-0.4, -0.2) is 63.4 Å². The molecule has 6 nitrogen and oxygen atoms in total. The zero-order valence-electron chi connectivity index (χ0n) is 13.5. The minimum atomic E-state index is -3.31. The number of hydrogen-bond acceptors (Lipinski definition) is 4. The predicted molar refractivity (Wildman–Crippen MR) is 88.6 cm³/mol. The Morgan fingerprint density at radius 3 is 2.18 bits per heavy atom. The van der Waals surface area contributed by atoms with Crippen molar-refractivity contribution < 1.29 is 13.2 Å². The van der Waals surface area contributed by atoms with Crippen LogP contribution in [0, 0.1) is 0 Å². The first kappa shape index (κ1) is 17.1. The molecule has 0 N–H and O–H groups in total. The van der Waals surface area contributed by atoms with E-state index in [1.165, 1.54) is 4.31 Å². The van der Waals surface area contributed by atoms with Crippen molar-refractivity contribution in [3.8, 4) is 5.75 Å². The third kappa shape index (κ3) is 3.71. The monoisotopic (exact) mass is 327 g/mol. The first-order valence-corrected chi connectivity index (χ1v) is 9.08. The summed E-state index contributed by atoms with van der Waals surface area (Å²) in [7, 11) is -1.69. The summed E-state index contributed by atoms with van der Waals surface area (Å²) in [4.78, 5) is 2.20. The molecule has 1 saturated heterocycles. The van der Waals surface area contributed by atoms with Crippen LogP contribution in [0.15, 0.2) is 24.3 Å². The van der Waals surface area contributed by atoms with Crippen LogP contribution in [0.5, 0.6) is 5.75 Å². The van der Waals surface area contributed by atoms with Crippen molar-refractivity contribution in [1.29, 1.82) is 0 Å². The first-order valence-electron chi connectivity index (χ1n) is 7.68. The Hall–Kier alpha value is -1.31. The number of hydrogen-bond donors (Lipinski definition) is 0. The number of rotatable bonds is 6. The van der Waals surface area contributed by atoms with E-state index in [0.29, 0.717) is 39.3 Å². The van der Waals surface area contributed by atoms with Gasteiger partial charge in [-0.3, -0.25) is 0 Å². The van der Waals surface area contributed by atoms with Gasteiger partial charge in [0.1, 0.15) is 5.75 Å². The van der Waals surface area contributed by atoms with Gasteiger partial charge in [0.05, 0.1) is 6.61 Å². The highest BCUT2D eigenvalue weighted by molar-refractivity contribution is 7.86. The van der Waals surface area contributed by atoms with Gasteiger partial charge < -0.3 is 9.64 Å². The lowest BCUT2D eigenvalue weighted by atomic mass is 10.2. The van der Waals surface area contributed by atoms with Crippen LogP contribution in [0.1, 0.15) is 13.8 Å². The highest BCUT2D eigenvalue weighted by atomic mass is 32.2. The number of ether oxygens (including phenoxy) is 1. The van der Waals surface area contributed by atoms with Gasteiger partial charge in [-0.25, -0.2) is 0 Å². The molecule has 0 bridgehead atoms. The first-order chi connectivity index (χ1) is 10.5. The zero-order chi connectivity index (χ0) is 16.2. The largest absolute Gasteiger partial charge is 0.494 e. The molecule has 0 aromatic heterocycles. The molecule has 2 rings (SSSR count). The van der Waals surface area contributed by atoms with Gasteiger partial charge in [-0.05, 0) is 31.2 Å². The molecule has 0 spiro atoms. The Kier molecular flexibility index (Phi) is 5.66. The Morgan fingerprint density at radius 1 is 1.09 bits per heavy atom. The van der Waals surface area contributed by atoms with Gasteiger partial charge in [0.25, 0.3) is 10.2 Å². The third-order valence-electron chi connectivity index (χ3n) is 3.92. The summed E-state index contributed by atoms with van der Waals surface area (Å²) in [5.74, 6) is 0.858. The molecule has 0 unspecified atom stereocenters. The number of anilines is 1. The fourth-order valence-electron chi connectivity index (χ4n) is 2.46. The average molecular weight is 327 g/mol. The van der Waals surface area contributed by atoms with Gasteiger partial charge >= 0.3 is 0 Å². The maximum atomic E-state index is 12.3. The maximum absolute atomic E-state index is 12.3. The molecule has 0 amide bonds. The summed E-state index contributed by atoms with van der Waals surface area (Å²) in [6, 6.07) is 7.94. The normalized spacial score (nSPS) is 17.0. The molecule has 0 atom stereocenters. The van der Waals surface area contributed by atoms with E-state index in [1.54, 1.807) is 11.4 Å². The van der Waals surface area contributed by atoms with E-state index >= 15 is 0 Å². The molecule has 1 heterocycles. The summed E-state index contributed by atoms with van der Waals surface area (Å²) in [5, 5.41) is 0. The molecule has 0 saturated carbocycles. The van der Waals surface area contributed by atoms with Crippen LogP contribution >= 0.6 is 0 Å². The van der Waals surface area contributed by atoms with Gasteiger partial charge in [0, 0.05) is 45.5 Å². The quantitative estimate of drug-likeness (QED) is 0.793. The minimum Gasteiger partial charge on any atom is -0.494 e. The van der Waals surface area contributed by atoms with Crippen LogP contribution in [0.2, 0.25) is 0 Å². The van der Waals surface area contributed by atoms with E-state index in [-0.39, 0.29) is 0 Å². The molecule has 1 aromatic rings. The van der Waals surface area contributed by atoms with Crippen molar-refractivity contribution in [3.05, 3.63) is 24.3 Å². The maximum Gasteiger partial charge on any atom is 0.281 e. The third-order valence-corrected chi connectivity index (χ3v) is 5.98. The molecule has 124 valence electrons. The lowest BCUT2D eigenvalue weighted by molar-refractivity contribution is 0.340. The topological polar surface area (TPSA) is 53.1 Å². The van der Waals surface area contributed by atoms with Crippen LogP contribution in [-0.2, 0) is 10.2 Å². The molecular formula is C15H25N3O3S. The Morgan fingerprint density at radius 2 is 1.68 bits per heavy atom. The molecule has 1 fully saturated rings. The molecule has 0 radical (unpaired) electrons. The van der Waals surface area contributed by atoms with Crippen molar-refractivity contribution in [2.75, 3.05) is 51.3 Å². The van der Waals surface area contributed by atoms with Crippen molar-refractivity contribution in [1.82, 2.24) is 8.61 Å². The Balaban J connectivity index is 1.97. The van der Waals surface area contributed by atoms with Crippen LogP contribution in [0.4, 0.5) is 5.69 Å². The van der Waals surface area contributed by atoms with E-state index in [0.717, 1.165) is 11.4 Å². The summed E-state index contributed by atoms with van der Waals surface area (Å²) >= 11 is 0. The predicted octanol–water partition coefficient (Wildman–Crippen LogP) is 1.40. The molecule has 1 aliphatic rings. The van der Waals surface area contributed by atoms with Crippen molar-refractivity contribution >= 4 is 15.9 Å². The standard InChI is InChI=1S/C15H25N3O3S/c1-4-16(3)22(19,20)18-12-10-17(11-13-18)14-6-8-15(9-7-14)21-5-2/h6-9H,4-5,10-13H2,1-3H3. The average Bonchev–Trinajstić information content (AvgIpc) is 2.55. The Labute approximate surface area is 133 Å². The summed E-state index contributed by atoms with van der Waals surface area (Å²) < 4.78 is 33.0. The van der Waals surface area contributed by atoms with E-state index in [2.05, 4.69) is 4.90 Å². The highest BCUT2D eigenvalue weighted by Crippen LogP contribution is 2.21. The van der Waals surface area contributed by atoms with Crippen molar-refractivity contribution in [2.24, 2.45) is 0 Å². The smallest absolute Gasteiger partial charge is 0.281 e. The lowest BCUT2D eigenvalue weighted by Crippen LogP contribution is -2.52. The summed E-state index contributed by atoms with van der Waals surface area (Å²) in [5.41, 5.74) is 1.10. The second kappa shape index (κ2) is 7.30. The number of nitrogens with zero attached hydrogens (tertiary/aromatic N) is 3. The molecule has 7 heteroatoms. The fraction of sp³-hybridized carbons (Fsp3) is 0.600. The number of benzene rings is 1. The molecule has 22 heavy (non-hydrogen) atoms. The van der Waals surface area contributed by atoms with Gasteiger partial charge in [0.15, 0.2) is 0 Å². The SMILES string of the molecule is CCOc1ccc(N2CCN(S(=O)(=O)N(C)CC)CC2)cc1. The van der Waals surface area contributed by atoms with Crippen molar-refractivity contribution in [3.63, 3.8) is 0 Å². The molecule has 0 aliphatic carbocycles. The van der Waals surface area contributed by atoms with E-state index in [1.807, 2.05) is 38.1 Å². The van der Waals surface area contributed by atoms with Crippen LogP contribution < -0.4 is 9.64 Å².